The molecule has 0 spiro atoms. The Bertz CT molecular complexity index is 1050. The fraction of sp³-hybridized carbons (Fsp3) is 0.364. The standard InChI is InChI=1S/C22H26N2O4S2/c1-14(2)16-4-6-17(7-5-16)23-22(26)15(3)13-30(27,28)18-8-9-20-19(12-18)24-21(25)10-11-29-20/h4-9,12,14-15H,10-11,13H2,1-3H3,(H,23,26)(H,24,25)/t15-/m0/s1. The van der Waals surface area contributed by atoms with E-state index in [0.29, 0.717) is 29.5 Å². The second-order valence-corrected chi connectivity index (χ2v) is 10.9. The van der Waals surface area contributed by atoms with E-state index in [4.69, 9.17) is 0 Å². The first-order chi connectivity index (χ1) is 14.2. The van der Waals surface area contributed by atoms with Gasteiger partial charge >= 0.3 is 0 Å². The first-order valence-corrected chi connectivity index (χ1v) is 12.5. The average molecular weight is 447 g/mol. The molecular formula is C22H26N2O4S2. The lowest BCUT2D eigenvalue weighted by atomic mass is 10.0. The highest BCUT2D eigenvalue weighted by atomic mass is 32.2. The Hall–Kier alpha value is -2.32. The minimum Gasteiger partial charge on any atom is -0.326 e. The van der Waals surface area contributed by atoms with Crippen LogP contribution in [0.2, 0.25) is 0 Å². The molecule has 0 radical (unpaired) electrons. The molecule has 2 aromatic rings. The number of benzene rings is 2. The van der Waals surface area contributed by atoms with Gasteiger partial charge < -0.3 is 10.6 Å². The number of anilines is 2. The van der Waals surface area contributed by atoms with Crippen molar-refractivity contribution in [1.82, 2.24) is 0 Å². The summed E-state index contributed by atoms with van der Waals surface area (Å²) in [6.07, 6.45) is 0.386. The zero-order valence-corrected chi connectivity index (χ0v) is 18.9. The van der Waals surface area contributed by atoms with Crippen LogP contribution in [0.5, 0.6) is 0 Å². The molecule has 8 heteroatoms. The van der Waals surface area contributed by atoms with Gasteiger partial charge in [-0.15, -0.1) is 11.8 Å². The maximum Gasteiger partial charge on any atom is 0.228 e. The van der Waals surface area contributed by atoms with Crippen molar-refractivity contribution < 1.29 is 18.0 Å². The van der Waals surface area contributed by atoms with Crippen LogP contribution in [0.25, 0.3) is 0 Å². The Morgan fingerprint density at radius 2 is 1.83 bits per heavy atom. The van der Waals surface area contributed by atoms with Gasteiger partial charge in [-0.25, -0.2) is 8.42 Å². The van der Waals surface area contributed by atoms with Crippen LogP contribution < -0.4 is 10.6 Å². The van der Waals surface area contributed by atoms with E-state index in [2.05, 4.69) is 24.5 Å². The number of hydrogen-bond acceptors (Lipinski definition) is 5. The van der Waals surface area contributed by atoms with E-state index in [9.17, 15) is 18.0 Å². The Morgan fingerprint density at radius 1 is 1.13 bits per heavy atom. The summed E-state index contributed by atoms with van der Waals surface area (Å²) >= 11 is 1.51. The lowest BCUT2D eigenvalue weighted by molar-refractivity contribution is -0.119. The van der Waals surface area contributed by atoms with Crippen LogP contribution in [0.1, 0.15) is 38.7 Å². The number of sulfone groups is 1. The third kappa shape index (κ3) is 5.43. The summed E-state index contributed by atoms with van der Waals surface area (Å²) in [7, 11) is -3.70. The highest BCUT2D eigenvalue weighted by Crippen LogP contribution is 2.33. The van der Waals surface area contributed by atoms with Crippen LogP contribution in [0.3, 0.4) is 0 Å². The molecule has 160 valence electrons. The van der Waals surface area contributed by atoms with E-state index in [1.165, 1.54) is 23.9 Å². The van der Waals surface area contributed by atoms with Crippen LogP contribution in [0, 0.1) is 5.92 Å². The Labute approximate surface area is 181 Å². The smallest absolute Gasteiger partial charge is 0.228 e. The van der Waals surface area contributed by atoms with Crippen molar-refractivity contribution in [3.8, 4) is 0 Å². The maximum absolute atomic E-state index is 12.9. The molecular weight excluding hydrogens is 420 g/mol. The van der Waals surface area contributed by atoms with Crippen LogP contribution in [0.4, 0.5) is 11.4 Å². The first kappa shape index (κ1) is 22.4. The van der Waals surface area contributed by atoms with E-state index in [0.717, 1.165) is 10.5 Å². The number of carbonyl (C=O) groups excluding carboxylic acids is 2. The number of thioether (sulfide) groups is 1. The fourth-order valence-corrected chi connectivity index (χ4v) is 5.62. The summed E-state index contributed by atoms with van der Waals surface area (Å²) < 4.78 is 25.7. The van der Waals surface area contributed by atoms with Gasteiger partial charge in [-0.1, -0.05) is 32.9 Å². The van der Waals surface area contributed by atoms with Gasteiger partial charge in [0.2, 0.25) is 11.8 Å². The highest BCUT2D eigenvalue weighted by molar-refractivity contribution is 7.99. The van der Waals surface area contributed by atoms with E-state index in [1.54, 1.807) is 13.0 Å². The van der Waals surface area contributed by atoms with Crippen LogP contribution >= 0.6 is 11.8 Å². The van der Waals surface area contributed by atoms with Gasteiger partial charge in [-0.2, -0.15) is 0 Å². The van der Waals surface area contributed by atoms with Crippen molar-refractivity contribution in [2.24, 2.45) is 5.92 Å². The van der Waals surface area contributed by atoms with Gasteiger partial charge in [0, 0.05) is 28.7 Å². The molecule has 0 bridgehead atoms. The zero-order valence-electron chi connectivity index (χ0n) is 17.3. The van der Waals surface area contributed by atoms with Gasteiger partial charge in [0.25, 0.3) is 0 Å². The molecule has 1 heterocycles. The summed E-state index contributed by atoms with van der Waals surface area (Å²) in [6.45, 7) is 5.77. The van der Waals surface area contributed by atoms with E-state index >= 15 is 0 Å². The molecule has 1 aliphatic rings. The van der Waals surface area contributed by atoms with Crippen molar-refractivity contribution in [1.29, 1.82) is 0 Å². The second-order valence-electron chi connectivity index (χ2n) is 7.75. The van der Waals surface area contributed by atoms with E-state index < -0.39 is 15.8 Å². The SMILES string of the molecule is CC(C)c1ccc(NC(=O)[C@@H](C)CS(=O)(=O)c2ccc3c(c2)NC(=O)CCS3)cc1. The van der Waals surface area contributed by atoms with Crippen LogP contribution in [-0.2, 0) is 19.4 Å². The van der Waals surface area contributed by atoms with E-state index in [1.807, 2.05) is 24.3 Å². The summed E-state index contributed by atoms with van der Waals surface area (Å²) in [5, 5.41) is 5.53. The zero-order chi connectivity index (χ0) is 21.9. The van der Waals surface area contributed by atoms with Crippen molar-refractivity contribution in [2.45, 2.75) is 42.9 Å². The molecule has 0 fully saturated rings. The molecule has 0 aromatic heterocycles. The molecule has 2 aromatic carbocycles. The Kier molecular flexibility index (Phi) is 6.88. The predicted molar refractivity (Wildman–Crippen MR) is 121 cm³/mol. The topological polar surface area (TPSA) is 92.3 Å². The second kappa shape index (κ2) is 9.22. The molecule has 0 unspecified atom stereocenters. The molecule has 0 saturated carbocycles. The van der Waals surface area contributed by atoms with Gasteiger partial charge in [-0.3, -0.25) is 9.59 Å². The number of rotatable bonds is 6. The minimum atomic E-state index is -3.70. The molecule has 6 nitrogen and oxygen atoms in total. The van der Waals surface area contributed by atoms with Crippen molar-refractivity contribution >= 4 is 44.8 Å². The summed E-state index contributed by atoms with van der Waals surface area (Å²) in [4.78, 5) is 25.2. The van der Waals surface area contributed by atoms with Gasteiger partial charge in [0.1, 0.15) is 0 Å². The Morgan fingerprint density at radius 3 is 2.50 bits per heavy atom. The largest absolute Gasteiger partial charge is 0.326 e. The summed E-state index contributed by atoms with van der Waals surface area (Å²) in [6, 6.07) is 12.3. The molecule has 0 aliphatic carbocycles. The third-order valence-electron chi connectivity index (χ3n) is 4.93. The lowest BCUT2D eigenvalue weighted by Crippen LogP contribution is -2.27. The number of fused-ring (bicyclic) bond motifs is 1. The number of amides is 2. The average Bonchev–Trinajstić information content (AvgIpc) is 2.87. The number of carbonyl (C=O) groups is 2. The van der Waals surface area contributed by atoms with Crippen molar-refractivity contribution in [3.63, 3.8) is 0 Å². The minimum absolute atomic E-state index is 0.102. The third-order valence-corrected chi connectivity index (χ3v) is 7.92. The maximum atomic E-state index is 12.9. The van der Waals surface area contributed by atoms with Crippen molar-refractivity contribution in [3.05, 3.63) is 48.0 Å². The molecule has 3 rings (SSSR count). The van der Waals surface area contributed by atoms with Gasteiger partial charge in [0.05, 0.1) is 16.3 Å². The highest BCUT2D eigenvalue weighted by Gasteiger charge is 2.25. The Balaban J connectivity index is 1.70. The molecule has 1 aliphatic heterocycles. The summed E-state index contributed by atoms with van der Waals surface area (Å²) in [5.74, 6) is -0.490. The fourth-order valence-electron chi connectivity index (χ4n) is 3.11. The molecule has 1 atom stereocenters. The normalized spacial score (nSPS) is 15.1. The molecule has 0 saturated heterocycles. The first-order valence-electron chi connectivity index (χ1n) is 9.86. The van der Waals surface area contributed by atoms with Gasteiger partial charge in [0.15, 0.2) is 9.84 Å². The predicted octanol–water partition coefficient (Wildman–Crippen LogP) is 4.29. The molecule has 30 heavy (non-hydrogen) atoms. The monoisotopic (exact) mass is 446 g/mol. The van der Waals surface area contributed by atoms with Crippen molar-refractivity contribution in [2.75, 3.05) is 22.1 Å². The molecule has 2 amide bonds. The van der Waals surface area contributed by atoms with Crippen LogP contribution in [-0.4, -0.2) is 31.7 Å². The summed E-state index contributed by atoms with van der Waals surface area (Å²) in [5.41, 5.74) is 2.31. The van der Waals surface area contributed by atoms with E-state index in [-0.39, 0.29) is 22.5 Å². The lowest BCUT2D eigenvalue weighted by Gasteiger charge is -2.15. The van der Waals surface area contributed by atoms with Gasteiger partial charge in [-0.05, 0) is 41.8 Å². The number of nitrogens with one attached hydrogen (secondary N) is 2. The molecule has 2 N–H and O–H groups in total. The van der Waals surface area contributed by atoms with Crippen LogP contribution in [0.15, 0.2) is 52.3 Å². The quantitative estimate of drug-likeness (QED) is 0.690. The number of hydrogen-bond donors (Lipinski definition) is 2.